The Morgan fingerprint density at radius 1 is 0.919 bits per heavy atom. The summed E-state index contributed by atoms with van der Waals surface area (Å²) >= 11 is 0. The van der Waals surface area contributed by atoms with E-state index in [1.165, 1.54) is 0 Å². The molecule has 5 rings (SSSR count). The minimum absolute atomic E-state index is 0.246. The Hall–Kier alpha value is -4.99. The molecule has 0 fully saturated rings. The number of aromatic nitrogens is 7. The Labute approximate surface area is 213 Å². The lowest BCUT2D eigenvalue weighted by Crippen LogP contribution is -2.27. The van der Waals surface area contributed by atoms with Crippen LogP contribution >= 0.6 is 0 Å². The van der Waals surface area contributed by atoms with E-state index in [0.29, 0.717) is 28.7 Å². The van der Waals surface area contributed by atoms with Crippen molar-refractivity contribution in [2.24, 2.45) is 0 Å². The van der Waals surface area contributed by atoms with Gasteiger partial charge in [0.2, 0.25) is 0 Å². The van der Waals surface area contributed by atoms with E-state index in [9.17, 15) is 4.79 Å². The Kier molecular flexibility index (Phi) is 6.62. The third-order valence-corrected chi connectivity index (χ3v) is 5.66. The molecule has 5 aromatic rings. The summed E-state index contributed by atoms with van der Waals surface area (Å²) in [6.45, 7) is 5.72. The maximum absolute atomic E-state index is 12.8. The second-order valence-electron chi connectivity index (χ2n) is 8.63. The van der Waals surface area contributed by atoms with Crippen molar-refractivity contribution in [3.8, 4) is 22.6 Å². The maximum Gasteiger partial charge on any atom is 0.270 e. The second-order valence-corrected chi connectivity index (χ2v) is 8.63. The van der Waals surface area contributed by atoms with Crippen molar-refractivity contribution in [3.63, 3.8) is 0 Å². The Morgan fingerprint density at radius 3 is 2.49 bits per heavy atom. The molecule has 0 saturated carbocycles. The van der Waals surface area contributed by atoms with Crippen LogP contribution in [0.3, 0.4) is 0 Å². The van der Waals surface area contributed by atoms with Gasteiger partial charge >= 0.3 is 0 Å². The van der Waals surface area contributed by atoms with Crippen LogP contribution in [0.1, 0.15) is 40.4 Å². The van der Waals surface area contributed by atoms with Crippen LogP contribution in [-0.2, 0) is 0 Å². The lowest BCUT2D eigenvalue weighted by molar-refractivity contribution is 0.0935. The van der Waals surface area contributed by atoms with E-state index in [0.717, 1.165) is 28.2 Å². The van der Waals surface area contributed by atoms with Gasteiger partial charge in [0.15, 0.2) is 11.6 Å². The van der Waals surface area contributed by atoms with E-state index in [2.05, 4.69) is 45.8 Å². The molecule has 0 aromatic carbocycles. The van der Waals surface area contributed by atoms with Crippen molar-refractivity contribution in [2.75, 3.05) is 5.32 Å². The van der Waals surface area contributed by atoms with Crippen LogP contribution in [-0.4, -0.2) is 41.0 Å². The molecule has 5 heterocycles. The smallest absolute Gasteiger partial charge is 0.270 e. The fourth-order valence-corrected chi connectivity index (χ4v) is 3.74. The van der Waals surface area contributed by atoms with Gasteiger partial charge in [0.25, 0.3) is 5.91 Å². The van der Waals surface area contributed by atoms with Gasteiger partial charge in [-0.3, -0.25) is 24.8 Å². The van der Waals surface area contributed by atoms with Gasteiger partial charge in [-0.25, -0.2) is 9.97 Å². The molecule has 10 heteroatoms. The van der Waals surface area contributed by atoms with Crippen LogP contribution < -0.4 is 10.6 Å². The molecule has 0 saturated heterocycles. The number of rotatable bonds is 7. The molecule has 184 valence electrons. The summed E-state index contributed by atoms with van der Waals surface area (Å²) in [5.74, 6) is 1.51. The van der Waals surface area contributed by atoms with Crippen LogP contribution in [0.2, 0.25) is 0 Å². The van der Waals surface area contributed by atoms with Gasteiger partial charge in [0, 0.05) is 59.4 Å². The summed E-state index contributed by atoms with van der Waals surface area (Å²) in [4.78, 5) is 34.9. The molecule has 5 aromatic heterocycles. The predicted octanol–water partition coefficient (Wildman–Crippen LogP) is 4.57. The van der Waals surface area contributed by atoms with Crippen molar-refractivity contribution < 1.29 is 4.79 Å². The van der Waals surface area contributed by atoms with Crippen molar-refractivity contribution in [1.29, 1.82) is 0 Å². The van der Waals surface area contributed by atoms with Gasteiger partial charge in [-0.1, -0.05) is 6.07 Å². The third kappa shape index (κ3) is 5.64. The number of nitrogens with zero attached hydrogens (tertiary/aromatic N) is 6. The number of aryl methyl sites for hydroxylation is 2. The van der Waals surface area contributed by atoms with Gasteiger partial charge < -0.3 is 10.6 Å². The van der Waals surface area contributed by atoms with Gasteiger partial charge in [0.1, 0.15) is 11.5 Å². The maximum atomic E-state index is 12.8. The van der Waals surface area contributed by atoms with Crippen LogP contribution in [0, 0.1) is 13.8 Å². The normalized spacial score (nSPS) is 11.6. The summed E-state index contributed by atoms with van der Waals surface area (Å²) in [7, 11) is 0. The third-order valence-electron chi connectivity index (χ3n) is 5.66. The number of H-pyrrole nitrogens is 1. The summed E-state index contributed by atoms with van der Waals surface area (Å²) in [6.07, 6.45) is 6.85. The number of aromatic amines is 1. The largest absolute Gasteiger partial charge is 0.344 e. The SMILES string of the molecule is Cc1cc(Nc2cc(C)[nH]n2)nc(-c2ccc(C(=O)NC(C)c3ccc(-c4cccnc4)nc3)nc2)n1. The topological polar surface area (TPSA) is 134 Å². The molecule has 0 radical (unpaired) electrons. The van der Waals surface area contributed by atoms with Crippen LogP contribution in [0.15, 0.2) is 73.3 Å². The number of nitrogens with one attached hydrogen (secondary N) is 3. The lowest BCUT2D eigenvalue weighted by Gasteiger charge is -2.14. The molecule has 3 N–H and O–H groups in total. The van der Waals surface area contributed by atoms with Crippen LogP contribution in [0.25, 0.3) is 22.6 Å². The van der Waals surface area contributed by atoms with Gasteiger partial charge in [0.05, 0.1) is 11.7 Å². The average Bonchev–Trinajstić information content (AvgIpc) is 3.33. The fourth-order valence-electron chi connectivity index (χ4n) is 3.74. The average molecular weight is 492 g/mol. The van der Waals surface area contributed by atoms with Gasteiger partial charge in [-0.2, -0.15) is 5.10 Å². The second kappa shape index (κ2) is 10.3. The predicted molar refractivity (Wildman–Crippen MR) is 140 cm³/mol. The highest BCUT2D eigenvalue weighted by molar-refractivity contribution is 5.92. The zero-order valence-corrected chi connectivity index (χ0v) is 20.6. The number of hydrogen-bond acceptors (Lipinski definition) is 8. The van der Waals surface area contributed by atoms with Crippen LogP contribution in [0.5, 0.6) is 0 Å². The molecule has 0 aliphatic carbocycles. The molecule has 0 spiro atoms. The highest BCUT2D eigenvalue weighted by Gasteiger charge is 2.14. The minimum Gasteiger partial charge on any atom is -0.344 e. The number of pyridine rings is 3. The van der Waals surface area contributed by atoms with Crippen LogP contribution in [0.4, 0.5) is 11.6 Å². The van der Waals surface area contributed by atoms with E-state index < -0.39 is 0 Å². The number of anilines is 2. The molecule has 10 nitrogen and oxygen atoms in total. The number of carbonyl (C=O) groups is 1. The first kappa shape index (κ1) is 23.7. The first-order chi connectivity index (χ1) is 17.9. The first-order valence-corrected chi connectivity index (χ1v) is 11.7. The first-order valence-electron chi connectivity index (χ1n) is 11.7. The van der Waals surface area contributed by atoms with Crippen molar-refractivity contribution >= 4 is 17.5 Å². The Bertz CT molecular complexity index is 1510. The molecular formula is C27H25N9O. The molecule has 0 aliphatic rings. The highest BCUT2D eigenvalue weighted by atomic mass is 16.1. The molecule has 37 heavy (non-hydrogen) atoms. The van der Waals surface area contributed by atoms with E-state index >= 15 is 0 Å². The molecule has 0 aliphatic heterocycles. The lowest BCUT2D eigenvalue weighted by atomic mass is 10.1. The molecule has 1 amide bonds. The van der Waals surface area contributed by atoms with Crippen molar-refractivity contribution in [3.05, 3.63) is 96.0 Å². The molecule has 1 unspecified atom stereocenters. The van der Waals surface area contributed by atoms with Gasteiger partial charge in [-0.05, 0) is 56.7 Å². The zero-order valence-electron chi connectivity index (χ0n) is 20.6. The zero-order chi connectivity index (χ0) is 25.8. The summed E-state index contributed by atoms with van der Waals surface area (Å²) in [5, 5.41) is 13.2. The summed E-state index contributed by atoms with van der Waals surface area (Å²) in [6, 6.07) is 14.6. The standard InChI is InChI=1S/C27H25N9O/c1-16-11-24(33-25-12-17(2)35-36-25)34-26(31-16)21-7-9-23(30-15-21)27(37)32-18(3)19-6-8-22(29-14-19)20-5-4-10-28-13-20/h4-15,18H,1-3H3,(H,32,37)(H2,31,33,34,35,36). The van der Waals surface area contributed by atoms with Gasteiger partial charge in [-0.15, -0.1) is 0 Å². The summed E-state index contributed by atoms with van der Waals surface area (Å²) in [5.41, 5.74) is 5.38. The van der Waals surface area contributed by atoms with Crippen molar-refractivity contribution in [1.82, 2.24) is 40.4 Å². The number of amides is 1. The van der Waals surface area contributed by atoms with E-state index in [4.69, 9.17) is 0 Å². The Balaban J connectivity index is 1.26. The molecular weight excluding hydrogens is 466 g/mol. The van der Waals surface area contributed by atoms with E-state index in [-0.39, 0.29) is 11.9 Å². The van der Waals surface area contributed by atoms with E-state index in [1.807, 2.05) is 57.2 Å². The Morgan fingerprint density at radius 2 is 1.81 bits per heavy atom. The quantitative estimate of drug-likeness (QED) is 0.301. The number of hydrogen-bond donors (Lipinski definition) is 3. The van der Waals surface area contributed by atoms with E-state index in [1.54, 1.807) is 36.9 Å². The monoisotopic (exact) mass is 491 g/mol. The molecule has 1 atom stereocenters. The minimum atomic E-state index is -0.281. The number of carbonyl (C=O) groups excluding carboxylic acids is 1. The van der Waals surface area contributed by atoms with Crippen molar-refractivity contribution in [2.45, 2.75) is 26.8 Å². The fraction of sp³-hybridized carbons (Fsp3) is 0.148. The highest BCUT2D eigenvalue weighted by Crippen LogP contribution is 2.21. The molecule has 0 bridgehead atoms. The summed E-state index contributed by atoms with van der Waals surface area (Å²) < 4.78 is 0.